The molecule has 1 aliphatic heterocycles. The molecule has 1 atom stereocenters. The zero-order chi connectivity index (χ0) is 16.4. The van der Waals surface area contributed by atoms with E-state index in [1.165, 1.54) is 0 Å². The minimum absolute atomic E-state index is 0.0150. The number of hydrogen-bond acceptors (Lipinski definition) is 8. The van der Waals surface area contributed by atoms with Crippen molar-refractivity contribution in [3.8, 4) is 0 Å². The van der Waals surface area contributed by atoms with Crippen molar-refractivity contribution in [1.29, 1.82) is 0 Å². The van der Waals surface area contributed by atoms with E-state index < -0.39 is 0 Å². The lowest BCUT2D eigenvalue weighted by molar-refractivity contribution is -0.0624. The van der Waals surface area contributed by atoms with E-state index in [1.807, 2.05) is 0 Å². The van der Waals surface area contributed by atoms with Gasteiger partial charge in [0.15, 0.2) is 0 Å². The summed E-state index contributed by atoms with van der Waals surface area (Å²) in [6, 6.07) is 0. The van der Waals surface area contributed by atoms with E-state index in [-0.39, 0.29) is 12.7 Å². The molecule has 0 aliphatic carbocycles. The fourth-order valence-corrected chi connectivity index (χ4v) is 1.94. The molecule has 0 aromatic rings. The van der Waals surface area contributed by atoms with Gasteiger partial charge in [0.25, 0.3) is 0 Å². The van der Waals surface area contributed by atoms with Crippen LogP contribution < -0.4 is 10.6 Å². The first kappa shape index (κ1) is 20.7. The van der Waals surface area contributed by atoms with Crippen LogP contribution in [0.5, 0.6) is 0 Å². The fraction of sp³-hybridized carbons (Fsp3) is 1.00. The van der Waals surface area contributed by atoms with Gasteiger partial charge in [-0.3, -0.25) is 0 Å². The van der Waals surface area contributed by atoms with Crippen LogP contribution in [0.25, 0.3) is 0 Å². The van der Waals surface area contributed by atoms with Crippen molar-refractivity contribution in [3.63, 3.8) is 0 Å². The molecule has 0 spiro atoms. The summed E-state index contributed by atoms with van der Waals surface area (Å²) in [5, 5.41) is 15.3. The number of ether oxygens (including phenoxy) is 5. The maximum atomic E-state index is 8.76. The Morgan fingerprint density at radius 1 is 0.826 bits per heavy atom. The van der Waals surface area contributed by atoms with E-state index >= 15 is 0 Å². The van der Waals surface area contributed by atoms with E-state index in [1.54, 1.807) is 0 Å². The Labute approximate surface area is 138 Å². The highest BCUT2D eigenvalue weighted by Crippen LogP contribution is 1.95. The van der Waals surface area contributed by atoms with Crippen LogP contribution in [0.15, 0.2) is 0 Å². The molecule has 1 unspecified atom stereocenters. The molecule has 1 fully saturated rings. The van der Waals surface area contributed by atoms with Crippen LogP contribution in [0.3, 0.4) is 0 Å². The van der Waals surface area contributed by atoms with Gasteiger partial charge in [0, 0.05) is 26.2 Å². The van der Waals surface area contributed by atoms with Gasteiger partial charge in [-0.25, -0.2) is 0 Å². The molecule has 1 rings (SSSR count). The monoisotopic (exact) mass is 336 g/mol. The van der Waals surface area contributed by atoms with Gasteiger partial charge < -0.3 is 39.4 Å². The molecule has 8 heteroatoms. The molecule has 3 N–H and O–H groups in total. The minimum Gasteiger partial charge on any atom is -0.394 e. The second-order valence-electron chi connectivity index (χ2n) is 5.09. The molecular weight excluding hydrogens is 304 g/mol. The Kier molecular flexibility index (Phi) is 14.9. The van der Waals surface area contributed by atoms with Gasteiger partial charge in [0.1, 0.15) is 6.10 Å². The second-order valence-corrected chi connectivity index (χ2v) is 5.09. The van der Waals surface area contributed by atoms with Gasteiger partial charge in [0.05, 0.1) is 66.1 Å². The van der Waals surface area contributed by atoms with E-state index in [9.17, 15) is 0 Å². The first-order valence-corrected chi connectivity index (χ1v) is 8.38. The van der Waals surface area contributed by atoms with Crippen LogP contribution >= 0.6 is 0 Å². The standard InChI is InChI=1S/C15H32N2O6/c18-5-10-22-14-15-13-21-8-3-16-1-6-19-11-12-20-7-2-17-4-9-23-15/h15-18H,1-14H2. The number of nitrogens with one attached hydrogen (secondary N) is 2. The zero-order valence-corrected chi connectivity index (χ0v) is 14.0. The maximum Gasteiger partial charge on any atom is 0.104 e. The quantitative estimate of drug-likeness (QED) is 0.542. The summed E-state index contributed by atoms with van der Waals surface area (Å²) in [6.45, 7) is 8.09. The van der Waals surface area contributed by atoms with Crippen LogP contribution in [-0.2, 0) is 23.7 Å². The van der Waals surface area contributed by atoms with Crippen LogP contribution in [0.2, 0.25) is 0 Å². The van der Waals surface area contributed by atoms with Gasteiger partial charge in [-0.1, -0.05) is 0 Å². The van der Waals surface area contributed by atoms with Crippen molar-refractivity contribution >= 4 is 0 Å². The molecule has 23 heavy (non-hydrogen) atoms. The van der Waals surface area contributed by atoms with E-state index in [2.05, 4.69) is 10.6 Å². The van der Waals surface area contributed by atoms with Crippen molar-refractivity contribution in [1.82, 2.24) is 10.6 Å². The lowest BCUT2D eigenvalue weighted by atomic mass is 10.4. The van der Waals surface area contributed by atoms with Crippen LogP contribution in [0.1, 0.15) is 0 Å². The third-order valence-corrected chi connectivity index (χ3v) is 3.12. The van der Waals surface area contributed by atoms with E-state index in [0.29, 0.717) is 59.5 Å². The first-order valence-electron chi connectivity index (χ1n) is 8.38. The minimum atomic E-state index is -0.123. The molecule has 0 amide bonds. The van der Waals surface area contributed by atoms with Crippen molar-refractivity contribution in [3.05, 3.63) is 0 Å². The molecular formula is C15H32N2O6. The highest BCUT2D eigenvalue weighted by molar-refractivity contribution is 4.58. The SMILES string of the molecule is OCCOCC1COCCNCCOCCOCCNCCO1. The summed E-state index contributed by atoms with van der Waals surface area (Å²) in [5.41, 5.74) is 0. The summed E-state index contributed by atoms with van der Waals surface area (Å²) in [4.78, 5) is 0. The largest absolute Gasteiger partial charge is 0.394 e. The van der Waals surface area contributed by atoms with Crippen molar-refractivity contribution in [2.45, 2.75) is 6.10 Å². The Bertz CT molecular complexity index is 230. The van der Waals surface area contributed by atoms with Crippen LogP contribution in [0.4, 0.5) is 0 Å². The average Bonchev–Trinajstić information content (AvgIpc) is 2.56. The topological polar surface area (TPSA) is 90.4 Å². The van der Waals surface area contributed by atoms with Gasteiger partial charge in [-0.15, -0.1) is 0 Å². The number of hydrogen-bond donors (Lipinski definition) is 3. The first-order chi connectivity index (χ1) is 11.4. The summed E-state index contributed by atoms with van der Waals surface area (Å²) >= 11 is 0. The molecule has 0 saturated carbocycles. The number of aliphatic hydroxyl groups excluding tert-OH is 1. The lowest BCUT2D eigenvalue weighted by Gasteiger charge is -2.18. The van der Waals surface area contributed by atoms with Crippen molar-refractivity contribution in [2.75, 3.05) is 92.2 Å². The molecule has 0 aromatic heterocycles. The smallest absolute Gasteiger partial charge is 0.104 e. The Hall–Kier alpha value is -0.320. The number of aliphatic hydroxyl groups is 1. The molecule has 0 aromatic carbocycles. The van der Waals surface area contributed by atoms with Gasteiger partial charge >= 0.3 is 0 Å². The predicted molar refractivity (Wildman–Crippen MR) is 85.8 cm³/mol. The van der Waals surface area contributed by atoms with Crippen molar-refractivity contribution in [2.24, 2.45) is 0 Å². The summed E-state index contributed by atoms with van der Waals surface area (Å²) < 4.78 is 27.6. The molecule has 0 bridgehead atoms. The van der Waals surface area contributed by atoms with Crippen molar-refractivity contribution < 1.29 is 28.8 Å². The third-order valence-electron chi connectivity index (χ3n) is 3.12. The lowest BCUT2D eigenvalue weighted by Crippen LogP contribution is -2.32. The Morgan fingerprint density at radius 3 is 2.09 bits per heavy atom. The maximum absolute atomic E-state index is 8.76. The molecule has 1 heterocycles. The zero-order valence-electron chi connectivity index (χ0n) is 14.0. The van der Waals surface area contributed by atoms with E-state index in [4.69, 9.17) is 28.8 Å². The second kappa shape index (κ2) is 16.5. The highest BCUT2D eigenvalue weighted by Gasteiger charge is 2.10. The molecule has 138 valence electrons. The summed E-state index contributed by atoms with van der Waals surface area (Å²) in [7, 11) is 0. The molecule has 8 nitrogen and oxygen atoms in total. The molecule has 1 aliphatic rings. The molecule has 1 saturated heterocycles. The highest BCUT2D eigenvalue weighted by atomic mass is 16.6. The average molecular weight is 336 g/mol. The Balaban J connectivity index is 2.21. The summed E-state index contributed by atoms with van der Waals surface area (Å²) in [5.74, 6) is 0. The fourth-order valence-electron chi connectivity index (χ4n) is 1.94. The number of rotatable bonds is 4. The van der Waals surface area contributed by atoms with Gasteiger partial charge in [0.2, 0.25) is 0 Å². The van der Waals surface area contributed by atoms with Gasteiger partial charge in [-0.05, 0) is 0 Å². The summed E-state index contributed by atoms with van der Waals surface area (Å²) in [6.07, 6.45) is -0.123. The van der Waals surface area contributed by atoms with Gasteiger partial charge in [-0.2, -0.15) is 0 Å². The normalized spacial score (nSPS) is 24.7. The van der Waals surface area contributed by atoms with Crippen LogP contribution in [-0.4, -0.2) is 103 Å². The predicted octanol–water partition coefficient (Wildman–Crippen LogP) is -1.38. The third kappa shape index (κ3) is 13.8. The molecule has 0 radical (unpaired) electrons. The van der Waals surface area contributed by atoms with Crippen LogP contribution in [0, 0.1) is 0 Å². The van der Waals surface area contributed by atoms with E-state index in [0.717, 1.165) is 26.2 Å². The Morgan fingerprint density at radius 2 is 1.43 bits per heavy atom.